The highest BCUT2D eigenvalue weighted by atomic mass is 16.6. The highest BCUT2D eigenvalue weighted by Crippen LogP contribution is 2.46. The van der Waals surface area contributed by atoms with Crippen molar-refractivity contribution in [2.75, 3.05) is 13.1 Å². The van der Waals surface area contributed by atoms with Crippen LogP contribution in [0.15, 0.2) is 91.0 Å². The van der Waals surface area contributed by atoms with E-state index in [0.29, 0.717) is 25.1 Å². The number of cyclic esters (lactones) is 1. The van der Waals surface area contributed by atoms with Crippen molar-refractivity contribution in [3.63, 3.8) is 0 Å². The lowest BCUT2D eigenvalue weighted by molar-refractivity contribution is -0.150. The van der Waals surface area contributed by atoms with Crippen molar-refractivity contribution >= 4 is 11.8 Å². The second kappa shape index (κ2) is 8.10. The number of fused-ring (bicyclic) bond motifs is 1. The highest BCUT2D eigenvalue weighted by Gasteiger charge is 2.59. The van der Waals surface area contributed by atoms with Gasteiger partial charge in [-0.05, 0) is 0 Å². The number of Topliss-reactive ketones (excluding diaryl/α,β-unsaturated/α-hetero) is 1. The fourth-order valence-electron chi connectivity index (χ4n) is 4.81. The maximum Gasteiger partial charge on any atom is 0.327 e. The first-order chi connectivity index (χ1) is 15.2. The molecule has 0 spiro atoms. The molecule has 5 rings (SSSR count). The third-order valence-corrected chi connectivity index (χ3v) is 6.18. The average molecular weight is 412 g/mol. The number of carbonyl (C=O) groups excluding carboxylic acids is 2. The Morgan fingerprint density at radius 3 is 2.00 bits per heavy atom. The van der Waals surface area contributed by atoms with Crippen molar-refractivity contribution in [1.29, 1.82) is 0 Å². The van der Waals surface area contributed by atoms with Gasteiger partial charge in [0.25, 0.3) is 0 Å². The van der Waals surface area contributed by atoms with Gasteiger partial charge in [-0.1, -0.05) is 91.0 Å². The standard InChI is InChI=1S/C26H24N2O3/c29-24(19-10-4-1-5-11-19)16-22-17-27-18-23-25(30)31-26(28(22)23,20-12-6-2-7-13-20)21-14-8-3-9-15-21/h1-15,22-23,27H,16-18H2. The summed E-state index contributed by atoms with van der Waals surface area (Å²) in [7, 11) is 0. The number of carbonyl (C=O) groups is 2. The van der Waals surface area contributed by atoms with Gasteiger partial charge in [-0.2, -0.15) is 0 Å². The summed E-state index contributed by atoms with van der Waals surface area (Å²) < 4.78 is 6.22. The SMILES string of the molecule is O=C(CC1CNCC2C(=O)OC(c3ccccc3)(c3ccccc3)N12)c1ccccc1. The molecule has 2 heterocycles. The third kappa shape index (κ3) is 3.36. The van der Waals surface area contributed by atoms with Gasteiger partial charge >= 0.3 is 5.97 Å². The number of nitrogens with one attached hydrogen (secondary N) is 1. The van der Waals surface area contributed by atoms with Gasteiger partial charge in [0.15, 0.2) is 5.78 Å². The number of rotatable bonds is 5. The summed E-state index contributed by atoms with van der Waals surface area (Å²) in [6, 6.07) is 28.3. The van der Waals surface area contributed by atoms with E-state index in [1.807, 2.05) is 91.0 Å². The first-order valence-corrected chi connectivity index (χ1v) is 10.6. The summed E-state index contributed by atoms with van der Waals surface area (Å²) in [5.41, 5.74) is 1.39. The Labute approximate surface area is 181 Å². The molecule has 2 atom stereocenters. The van der Waals surface area contributed by atoms with Crippen molar-refractivity contribution in [2.45, 2.75) is 24.2 Å². The molecule has 0 saturated carbocycles. The summed E-state index contributed by atoms with van der Waals surface area (Å²) in [6.07, 6.45) is 0.297. The molecule has 156 valence electrons. The lowest BCUT2D eigenvalue weighted by Gasteiger charge is -2.45. The van der Waals surface area contributed by atoms with Crippen LogP contribution in [0.5, 0.6) is 0 Å². The van der Waals surface area contributed by atoms with E-state index in [0.717, 1.165) is 11.1 Å². The van der Waals surface area contributed by atoms with Crippen LogP contribution in [0.2, 0.25) is 0 Å². The van der Waals surface area contributed by atoms with Crippen LogP contribution in [0.25, 0.3) is 0 Å². The summed E-state index contributed by atoms with van der Waals surface area (Å²) in [5.74, 6) is -0.209. The number of ketones is 1. The van der Waals surface area contributed by atoms with Crippen molar-refractivity contribution in [1.82, 2.24) is 10.2 Å². The zero-order valence-corrected chi connectivity index (χ0v) is 17.1. The van der Waals surface area contributed by atoms with E-state index < -0.39 is 11.8 Å². The highest BCUT2D eigenvalue weighted by molar-refractivity contribution is 5.96. The molecule has 5 nitrogen and oxygen atoms in total. The maximum atomic E-state index is 13.1. The predicted molar refractivity (Wildman–Crippen MR) is 117 cm³/mol. The van der Waals surface area contributed by atoms with Crippen LogP contribution < -0.4 is 5.32 Å². The Balaban J connectivity index is 1.61. The smallest absolute Gasteiger partial charge is 0.327 e. The fraction of sp³-hybridized carbons (Fsp3) is 0.231. The molecule has 1 N–H and O–H groups in total. The second-order valence-corrected chi connectivity index (χ2v) is 8.03. The van der Waals surface area contributed by atoms with Crippen molar-refractivity contribution in [3.8, 4) is 0 Å². The number of ether oxygens (including phenoxy) is 1. The molecule has 31 heavy (non-hydrogen) atoms. The minimum absolute atomic E-state index is 0.0578. The Kier molecular flexibility index (Phi) is 5.14. The van der Waals surface area contributed by atoms with E-state index in [1.165, 1.54) is 0 Å². The molecule has 2 aliphatic rings. The monoisotopic (exact) mass is 412 g/mol. The molecule has 2 unspecified atom stereocenters. The molecular weight excluding hydrogens is 388 g/mol. The van der Waals surface area contributed by atoms with Crippen molar-refractivity contribution in [2.24, 2.45) is 0 Å². The minimum atomic E-state index is -1.06. The predicted octanol–water partition coefficient (Wildman–Crippen LogP) is 3.36. The molecular formula is C26H24N2O3. The number of benzene rings is 3. The number of piperazine rings is 1. The van der Waals surface area contributed by atoms with E-state index >= 15 is 0 Å². The Bertz CT molecular complexity index is 1030. The van der Waals surface area contributed by atoms with Gasteiger partial charge in [0.2, 0.25) is 5.72 Å². The molecule has 5 heteroatoms. The molecule has 2 fully saturated rings. The van der Waals surface area contributed by atoms with Crippen LogP contribution in [0.1, 0.15) is 27.9 Å². The van der Waals surface area contributed by atoms with E-state index in [2.05, 4.69) is 10.2 Å². The minimum Gasteiger partial charge on any atom is -0.434 e. The zero-order valence-electron chi connectivity index (χ0n) is 17.1. The van der Waals surface area contributed by atoms with E-state index in [9.17, 15) is 9.59 Å². The lowest BCUT2D eigenvalue weighted by Crippen LogP contribution is -2.62. The second-order valence-electron chi connectivity index (χ2n) is 8.03. The van der Waals surface area contributed by atoms with Crippen molar-refractivity contribution < 1.29 is 14.3 Å². The van der Waals surface area contributed by atoms with Crippen molar-refractivity contribution in [3.05, 3.63) is 108 Å². The molecule has 2 saturated heterocycles. The molecule has 2 aliphatic heterocycles. The van der Waals surface area contributed by atoms with Crippen LogP contribution in [0.3, 0.4) is 0 Å². The van der Waals surface area contributed by atoms with E-state index in [-0.39, 0.29) is 17.8 Å². The third-order valence-electron chi connectivity index (χ3n) is 6.18. The van der Waals surface area contributed by atoms with Gasteiger partial charge in [-0.3, -0.25) is 9.59 Å². The normalized spacial score (nSPS) is 22.5. The Hall–Kier alpha value is -3.28. The molecule has 0 bridgehead atoms. The number of hydrogen-bond acceptors (Lipinski definition) is 5. The first-order valence-electron chi connectivity index (χ1n) is 10.6. The van der Waals surface area contributed by atoms with Gasteiger partial charge in [0.05, 0.1) is 0 Å². The van der Waals surface area contributed by atoms with Crippen LogP contribution in [-0.4, -0.2) is 41.8 Å². The van der Waals surface area contributed by atoms with Gasteiger partial charge in [0, 0.05) is 42.2 Å². The largest absolute Gasteiger partial charge is 0.434 e. The number of nitrogens with zero attached hydrogens (tertiary/aromatic N) is 1. The topological polar surface area (TPSA) is 58.6 Å². The molecule has 0 aliphatic carbocycles. The molecule has 3 aromatic rings. The maximum absolute atomic E-state index is 13.1. The van der Waals surface area contributed by atoms with E-state index in [1.54, 1.807) is 0 Å². The number of esters is 1. The van der Waals surface area contributed by atoms with E-state index in [4.69, 9.17) is 4.74 Å². The summed E-state index contributed by atoms with van der Waals surface area (Å²) in [4.78, 5) is 28.3. The Morgan fingerprint density at radius 2 is 1.42 bits per heavy atom. The molecule has 0 aromatic heterocycles. The summed E-state index contributed by atoms with van der Waals surface area (Å²) in [5, 5.41) is 3.34. The van der Waals surface area contributed by atoms with Gasteiger partial charge in [0.1, 0.15) is 6.04 Å². The zero-order chi connectivity index (χ0) is 21.3. The van der Waals surface area contributed by atoms with Crippen LogP contribution in [0.4, 0.5) is 0 Å². The fourth-order valence-corrected chi connectivity index (χ4v) is 4.81. The van der Waals surface area contributed by atoms with Gasteiger partial charge in [-0.15, -0.1) is 0 Å². The van der Waals surface area contributed by atoms with Crippen LogP contribution >= 0.6 is 0 Å². The average Bonchev–Trinajstić information content (AvgIpc) is 3.15. The molecule has 0 amide bonds. The summed E-state index contributed by atoms with van der Waals surface area (Å²) >= 11 is 0. The summed E-state index contributed by atoms with van der Waals surface area (Å²) in [6.45, 7) is 1.10. The first kappa shape index (κ1) is 19.7. The van der Waals surface area contributed by atoms with Crippen LogP contribution in [0, 0.1) is 0 Å². The van der Waals surface area contributed by atoms with Gasteiger partial charge < -0.3 is 10.1 Å². The Morgan fingerprint density at radius 1 is 0.871 bits per heavy atom. The number of hydrogen-bond donors (Lipinski definition) is 1. The molecule has 0 radical (unpaired) electrons. The van der Waals surface area contributed by atoms with Crippen LogP contribution in [-0.2, 0) is 15.3 Å². The quantitative estimate of drug-likeness (QED) is 0.514. The van der Waals surface area contributed by atoms with Gasteiger partial charge in [-0.25, -0.2) is 4.90 Å². The molecule has 3 aromatic carbocycles. The lowest BCUT2D eigenvalue weighted by atomic mass is 9.88.